The number of halogens is 21. The Morgan fingerprint density at radius 1 is 0.417 bits per heavy atom. The Labute approximate surface area is 181 Å². The van der Waals surface area contributed by atoms with Gasteiger partial charge in [0.15, 0.2) is 0 Å². The zero-order valence-corrected chi connectivity index (χ0v) is 15.9. The maximum atomic E-state index is 13.4. The van der Waals surface area contributed by atoms with Crippen LogP contribution in [-0.2, 0) is 10.0 Å². The molecule has 4 nitrogen and oxygen atoms in total. The van der Waals surface area contributed by atoms with E-state index in [-0.39, 0.29) is 0 Å². The van der Waals surface area contributed by atoms with Gasteiger partial charge in [0, 0.05) is 0 Å². The molecule has 0 aliphatic rings. The summed E-state index contributed by atoms with van der Waals surface area (Å²) >= 11 is 0. The lowest BCUT2D eigenvalue weighted by Crippen LogP contribution is -2.75. The highest BCUT2D eigenvalue weighted by molar-refractivity contribution is 7.90. The third kappa shape index (κ3) is 4.38. The van der Waals surface area contributed by atoms with Crippen LogP contribution >= 0.6 is 0 Å². The minimum Gasteiger partial charge on any atom is -0.342 e. The van der Waals surface area contributed by atoms with E-state index >= 15 is 0 Å². The van der Waals surface area contributed by atoms with E-state index in [1.54, 1.807) is 0 Å². The van der Waals surface area contributed by atoms with Gasteiger partial charge in [-0.1, -0.05) is 0 Å². The molecule has 218 valence electrons. The van der Waals surface area contributed by atoms with Crippen LogP contribution in [0.5, 0.6) is 0 Å². The van der Waals surface area contributed by atoms with Crippen LogP contribution < -0.4 is 4.72 Å². The van der Waals surface area contributed by atoms with Gasteiger partial charge in [-0.05, 0) is 0 Å². The lowest BCUT2D eigenvalue weighted by Gasteiger charge is -2.42. The Hall–Kier alpha value is -1.60. The number of hydrogen-bond acceptors (Lipinski definition) is 3. The molecule has 0 radical (unpaired) electrons. The van der Waals surface area contributed by atoms with E-state index in [1.807, 2.05) is 0 Å². The zero-order valence-electron chi connectivity index (χ0n) is 15.1. The van der Waals surface area contributed by atoms with Crippen LogP contribution in [0.15, 0.2) is 0 Å². The van der Waals surface area contributed by atoms with Gasteiger partial charge in [-0.25, -0.2) is 8.42 Å². The summed E-state index contributed by atoms with van der Waals surface area (Å²) in [5.74, 6) is -60.7. The first-order chi connectivity index (χ1) is 15.0. The number of alkyl halides is 21. The largest absolute Gasteiger partial charge is 0.465 e. The minimum absolute atomic E-state index is 1.52. The summed E-state index contributed by atoms with van der Waals surface area (Å²) in [5.41, 5.74) is 0. The van der Waals surface area contributed by atoms with E-state index in [2.05, 4.69) is 0 Å². The second-order valence-electron chi connectivity index (χ2n) is 6.19. The molecule has 0 heterocycles. The van der Waals surface area contributed by atoms with Gasteiger partial charge in [-0.2, -0.15) is 92.2 Å². The van der Waals surface area contributed by atoms with Crippen molar-refractivity contribution in [3.05, 3.63) is 0 Å². The van der Waals surface area contributed by atoms with Crippen molar-refractivity contribution in [3.63, 3.8) is 0 Å². The molecule has 0 aliphatic heterocycles. The van der Waals surface area contributed by atoms with Crippen molar-refractivity contribution >= 4 is 10.0 Å². The molecule has 2 N–H and O–H groups in total. The number of rotatable bonds is 9. The molecule has 0 aromatic carbocycles. The second kappa shape index (κ2) is 8.20. The lowest BCUT2D eigenvalue weighted by molar-refractivity contribution is -0.458. The molecule has 0 bridgehead atoms. The van der Waals surface area contributed by atoms with Crippen molar-refractivity contribution in [1.82, 2.24) is 4.72 Å². The SMILES string of the molecule is O=S(=O)(NC(O)(F)C(F)(F)F)C(F)(F)C(F)(F)C(F)(F)C(F)(F)C(F)(F)C(F)(F)C(F)(F)C(F)(F)F. The molecule has 0 saturated carbocycles. The summed E-state index contributed by atoms with van der Waals surface area (Å²) in [6.45, 7) is 0. The first kappa shape index (κ1) is 34.4. The molecule has 1 unspecified atom stereocenters. The van der Waals surface area contributed by atoms with Crippen molar-refractivity contribution in [1.29, 1.82) is 0 Å². The molecule has 0 saturated heterocycles. The Morgan fingerprint density at radius 2 is 0.667 bits per heavy atom. The summed E-state index contributed by atoms with van der Waals surface area (Å²) < 4.78 is 289. The highest BCUT2D eigenvalue weighted by atomic mass is 32.2. The molecule has 1 atom stereocenters. The Bertz CT molecular complexity index is 929. The van der Waals surface area contributed by atoms with Crippen molar-refractivity contribution in [2.75, 3.05) is 0 Å². The summed E-state index contributed by atoms with van der Waals surface area (Å²) in [6.07, 6.45) is -15.2. The second-order valence-corrected chi connectivity index (χ2v) is 7.91. The zero-order chi connectivity index (χ0) is 30.2. The average molecular weight is 615 g/mol. The van der Waals surface area contributed by atoms with Crippen LogP contribution in [0.4, 0.5) is 92.2 Å². The van der Waals surface area contributed by atoms with Gasteiger partial charge < -0.3 is 5.11 Å². The molecular formula is C10H2F21NO3S. The average Bonchev–Trinajstić information content (AvgIpc) is 2.57. The fraction of sp³-hybridized carbons (Fsp3) is 1.00. The van der Waals surface area contributed by atoms with Gasteiger partial charge in [-0.15, -0.1) is 4.72 Å². The van der Waals surface area contributed by atoms with Crippen LogP contribution in [0.2, 0.25) is 0 Å². The Morgan fingerprint density at radius 3 is 0.917 bits per heavy atom. The molecule has 36 heavy (non-hydrogen) atoms. The van der Waals surface area contributed by atoms with Crippen molar-refractivity contribution < 1.29 is 106 Å². The third-order valence-corrected chi connectivity index (χ3v) is 5.15. The monoisotopic (exact) mass is 615 g/mol. The van der Waals surface area contributed by atoms with E-state index < -0.39 is 73.9 Å². The minimum atomic E-state index is -9.23. The number of sulfonamides is 1. The molecule has 0 aromatic heterocycles. The first-order valence-corrected chi connectivity index (χ1v) is 8.67. The normalized spacial score (nSPS) is 18.3. The highest BCUT2D eigenvalue weighted by Crippen LogP contribution is 2.64. The van der Waals surface area contributed by atoms with Crippen molar-refractivity contribution in [2.24, 2.45) is 0 Å². The summed E-state index contributed by atoms with van der Waals surface area (Å²) in [4.78, 5) is 0. The Balaban J connectivity index is 7.01. The van der Waals surface area contributed by atoms with E-state index in [1.165, 1.54) is 0 Å². The highest BCUT2D eigenvalue weighted by Gasteiger charge is 2.96. The molecule has 0 rings (SSSR count). The van der Waals surface area contributed by atoms with Gasteiger partial charge in [0.1, 0.15) is 0 Å². The standard InChI is InChI=1S/C10H2F21NO3S/c11-1(12,3(15,16)5(19,20)7(23,24)25)2(13,14)4(17,18)6(21,22)9(29,30)36(34,35)32-10(31,33)8(26,27)28/h32-33H. The van der Waals surface area contributed by atoms with Crippen LogP contribution in [-0.4, -0.2) is 72.6 Å². The fourth-order valence-electron chi connectivity index (χ4n) is 1.62. The number of hydrogen-bond donors (Lipinski definition) is 2. The van der Waals surface area contributed by atoms with Gasteiger partial charge in [-0.3, -0.25) is 0 Å². The van der Waals surface area contributed by atoms with E-state index in [0.29, 0.717) is 0 Å². The maximum Gasteiger partial charge on any atom is 0.465 e. The van der Waals surface area contributed by atoms with Crippen LogP contribution in [0, 0.1) is 0 Å². The molecule has 0 aromatic rings. The van der Waals surface area contributed by atoms with Gasteiger partial charge in [0.25, 0.3) is 10.0 Å². The van der Waals surface area contributed by atoms with Crippen molar-refractivity contribution in [2.45, 2.75) is 59.1 Å². The van der Waals surface area contributed by atoms with E-state index in [0.717, 1.165) is 0 Å². The smallest absolute Gasteiger partial charge is 0.342 e. The van der Waals surface area contributed by atoms with Gasteiger partial charge in [0.2, 0.25) is 0 Å². The van der Waals surface area contributed by atoms with Crippen LogP contribution in [0.3, 0.4) is 0 Å². The predicted molar refractivity (Wildman–Crippen MR) is 64.9 cm³/mol. The maximum absolute atomic E-state index is 13.4. The first-order valence-electron chi connectivity index (χ1n) is 7.18. The number of aliphatic hydroxyl groups is 1. The number of nitrogens with one attached hydrogen (secondary N) is 1. The molecule has 0 aliphatic carbocycles. The third-order valence-electron chi connectivity index (χ3n) is 3.68. The molecule has 26 heteroatoms. The van der Waals surface area contributed by atoms with Crippen molar-refractivity contribution in [3.8, 4) is 0 Å². The van der Waals surface area contributed by atoms with Gasteiger partial charge >= 0.3 is 59.1 Å². The predicted octanol–water partition coefficient (Wildman–Crippen LogP) is 5.05. The van der Waals surface area contributed by atoms with Crippen LogP contribution in [0.1, 0.15) is 0 Å². The summed E-state index contributed by atoms with van der Waals surface area (Å²) in [5, 5.41) is -0.501. The lowest BCUT2D eigenvalue weighted by atomic mass is 9.91. The molecule has 0 fully saturated rings. The van der Waals surface area contributed by atoms with E-state index in [4.69, 9.17) is 5.11 Å². The Kier molecular flexibility index (Phi) is 7.83. The molecular weight excluding hydrogens is 613 g/mol. The van der Waals surface area contributed by atoms with Crippen LogP contribution in [0.25, 0.3) is 0 Å². The fourth-order valence-corrected chi connectivity index (χ4v) is 2.68. The van der Waals surface area contributed by atoms with Gasteiger partial charge in [0.05, 0.1) is 0 Å². The summed E-state index contributed by atoms with van der Waals surface area (Å²) in [6, 6.07) is 0. The summed E-state index contributed by atoms with van der Waals surface area (Å²) in [7, 11) is -8.69. The quantitative estimate of drug-likeness (QED) is 0.217. The molecule has 0 amide bonds. The molecule has 0 spiro atoms. The van der Waals surface area contributed by atoms with E-state index in [9.17, 15) is 101 Å². The topological polar surface area (TPSA) is 66.4 Å².